The smallest absolute Gasteiger partial charge is 0.248 e. The number of anilines is 1. The second kappa shape index (κ2) is 8.31. The highest BCUT2D eigenvalue weighted by Gasteiger charge is 2.34. The zero-order valence-corrected chi connectivity index (χ0v) is 18.1. The van der Waals surface area contributed by atoms with Crippen molar-refractivity contribution in [2.75, 3.05) is 19.0 Å². The van der Waals surface area contributed by atoms with Crippen molar-refractivity contribution in [2.24, 2.45) is 5.73 Å². The molecule has 0 saturated carbocycles. The van der Waals surface area contributed by atoms with Crippen LogP contribution in [-0.2, 0) is 4.79 Å². The van der Waals surface area contributed by atoms with Gasteiger partial charge in [0.15, 0.2) is 17.3 Å². The molecule has 1 unspecified atom stereocenters. The van der Waals surface area contributed by atoms with Gasteiger partial charge in [-0.25, -0.2) is 4.68 Å². The summed E-state index contributed by atoms with van der Waals surface area (Å²) in [5.41, 5.74) is 8.19. The lowest BCUT2D eigenvalue weighted by atomic mass is 9.95. The minimum absolute atomic E-state index is 0.384. The first-order chi connectivity index (χ1) is 14.9. The number of aromatic nitrogens is 3. The van der Waals surface area contributed by atoms with Crippen LogP contribution in [0, 0.1) is 0 Å². The van der Waals surface area contributed by atoms with Gasteiger partial charge in [0.25, 0.3) is 0 Å². The highest BCUT2D eigenvalue weighted by Crippen LogP contribution is 2.39. The van der Waals surface area contributed by atoms with Crippen LogP contribution in [0.5, 0.6) is 11.5 Å². The van der Waals surface area contributed by atoms with Gasteiger partial charge in [-0.15, -0.1) is 5.10 Å². The number of amides is 1. The third kappa shape index (κ3) is 3.70. The molecule has 1 aliphatic heterocycles. The van der Waals surface area contributed by atoms with E-state index in [0.29, 0.717) is 51.7 Å². The van der Waals surface area contributed by atoms with Crippen molar-refractivity contribution in [1.29, 1.82) is 0 Å². The van der Waals surface area contributed by atoms with Gasteiger partial charge in [-0.3, -0.25) is 4.79 Å². The number of rotatable bonds is 6. The SMILES string of the molecule is CCOc1ccc(C2C(C(N)=O)=C(C)Nc3nc(-c4ccccc4Cl)nn32)cc1OC. The second-order valence-corrected chi connectivity index (χ2v) is 7.36. The fourth-order valence-electron chi connectivity index (χ4n) is 3.66. The Hall–Kier alpha value is -3.52. The third-order valence-corrected chi connectivity index (χ3v) is 5.37. The van der Waals surface area contributed by atoms with Crippen LogP contribution in [-0.4, -0.2) is 34.4 Å². The van der Waals surface area contributed by atoms with Crippen molar-refractivity contribution in [2.45, 2.75) is 19.9 Å². The second-order valence-electron chi connectivity index (χ2n) is 6.96. The van der Waals surface area contributed by atoms with E-state index < -0.39 is 11.9 Å². The predicted octanol–water partition coefficient (Wildman–Crippen LogP) is 3.78. The monoisotopic (exact) mass is 439 g/mol. The molecule has 2 aromatic carbocycles. The minimum Gasteiger partial charge on any atom is -0.493 e. The highest BCUT2D eigenvalue weighted by molar-refractivity contribution is 6.33. The lowest BCUT2D eigenvalue weighted by Crippen LogP contribution is -2.31. The quantitative estimate of drug-likeness (QED) is 0.605. The van der Waals surface area contributed by atoms with Gasteiger partial charge >= 0.3 is 0 Å². The first-order valence-electron chi connectivity index (χ1n) is 9.74. The van der Waals surface area contributed by atoms with Crippen molar-refractivity contribution in [3.63, 3.8) is 0 Å². The van der Waals surface area contributed by atoms with Gasteiger partial charge in [-0.2, -0.15) is 4.98 Å². The Balaban J connectivity index is 1.88. The summed E-state index contributed by atoms with van der Waals surface area (Å²) < 4.78 is 12.8. The van der Waals surface area contributed by atoms with Crippen LogP contribution in [0.15, 0.2) is 53.7 Å². The molecule has 31 heavy (non-hydrogen) atoms. The van der Waals surface area contributed by atoms with E-state index in [4.69, 9.17) is 26.8 Å². The summed E-state index contributed by atoms with van der Waals surface area (Å²) in [4.78, 5) is 17.0. The summed E-state index contributed by atoms with van der Waals surface area (Å²) in [6.45, 7) is 4.19. The van der Waals surface area contributed by atoms with Crippen molar-refractivity contribution in [1.82, 2.24) is 14.8 Å². The number of benzene rings is 2. The van der Waals surface area contributed by atoms with Gasteiger partial charge in [0, 0.05) is 11.3 Å². The van der Waals surface area contributed by atoms with E-state index in [1.165, 1.54) is 0 Å². The van der Waals surface area contributed by atoms with E-state index in [-0.39, 0.29) is 0 Å². The van der Waals surface area contributed by atoms with Crippen molar-refractivity contribution >= 4 is 23.5 Å². The standard InChI is InChI=1S/C22H22ClN5O3/c1-4-31-16-10-9-13(11-17(16)30-3)19-18(20(24)29)12(2)25-22-26-21(27-28(19)22)14-7-5-6-8-15(14)23/h5-11,19H,4H2,1-3H3,(H2,24,29)(H,25,26,27). The Bertz CT molecular complexity index is 1190. The molecule has 8 nitrogen and oxygen atoms in total. The molecule has 2 heterocycles. The average molecular weight is 440 g/mol. The number of halogens is 1. The van der Waals surface area contributed by atoms with E-state index in [1.807, 2.05) is 37.3 Å². The molecule has 0 aliphatic carbocycles. The van der Waals surface area contributed by atoms with E-state index in [0.717, 1.165) is 5.56 Å². The zero-order chi connectivity index (χ0) is 22.1. The average Bonchev–Trinajstić information content (AvgIpc) is 3.16. The van der Waals surface area contributed by atoms with Crippen LogP contribution in [0.25, 0.3) is 11.4 Å². The molecule has 1 atom stereocenters. The van der Waals surface area contributed by atoms with Gasteiger partial charge < -0.3 is 20.5 Å². The number of nitrogens with zero attached hydrogens (tertiary/aromatic N) is 3. The summed E-state index contributed by atoms with van der Waals surface area (Å²) in [6.07, 6.45) is 0. The molecule has 0 bridgehead atoms. The third-order valence-electron chi connectivity index (χ3n) is 5.04. The summed E-state index contributed by atoms with van der Waals surface area (Å²) >= 11 is 6.35. The maximum absolute atomic E-state index is 12.4. The Morgan fingerprint density at radius 2 is 2.03 bits per heavy atom. The number of hydrogen-bond acceptors (Lipinski definition) is 6. The highest BCUT2D eigenvalue weighted by atomic mass is 35.5. The van der Waals surface area contributed by atoms with Crippen molar-refractivity contribution in [3.05, 3.63) is 64.3 Å². The van der Waals surface area contributed by atoms with E-state index in [1.54, 1.807) is 30.8 Å². The number of methoxy groups -OCH3 is 1. The van der Waals surface area contributed by atoms with Gasteiger partial charge in [-0.05, 0) is 43.7 Å². The van der Waals surface area contributed by atoms with Crippen LogP contribution < -0.4 is 20.5 Å². The molecule has 160 valence electrons. The van der Waals surface area contributed by atoms with Gasteiger partial charge in [-0.1, -0.05) is 29.8 Å². The van der Waals surface area contributed by atoms with Crippen LogP contribution in [0.2, 0.25) is 5.02 Å². The van der Waals surface area contributed by atoms with Gasteiger partial charge in [0.1, 0.15) is 6.04 Å². The summed E-state index contributed by atoms with van der Waals surface area (Å²) in [6, 6.07) is 12.2. The molecule has 0 radical (unpaired) electrons. The molecule has 1 aromatic heterocycles. The lowest BCUT2D eigenvalue weighted by Gasteiger charge is -2.28. The first kappa shape index (κ1) is 20.7. The summed E-state index contributed by atoms with van der Waals surface area (Å²) in [5, 5.41) is 8.33. The Morgan fingerprint density at radius 1 is 1.26 bits per heavy atom. The zero-order valence-electron chi connectivity index (χ0n) is 17.3. The van der Waals surface area contributed by atoms with Crippen LogP contribution in [0.1, 0.15) is 25.5 Å². The van der Waals surface area contributed by atoms with Crippen molar-refractivity contribution in [3.8, 4) is 22.9 Å². The Labute approximate surface area is 184 Å². The van der Waals surface area contributed by atoms with Crippen LogP contribution in [0.4, 0.5) is 5.95 Å². The first-order valence-corrected chi connectivity index (χ1v) is 10.1. The predicted molar refractivity (Wildman–Crippen MR) is 118 cm³/mol. The Morgan fingerprint density at radius 3 is 2.71 bits per heavy atom. The van der Waals surface area contributed by atoms with Gasteiger partial charge in [0.2, 0.25) is 11.9 Å². The summed E-state index contributed by atoms with van der Waals surface area (Å²) in [5.74, 6) is 1.53. The number of nitrogens with one attached hydrogen (secondary N) is 1. The summed E-state index contributed by atoms with van der Waals surface area (Å²) in [7, 11) is 1.57. The molecule has 0 saturated heterocycles. The molecule has 0 spiro atoms. The van der Waals surface area contributed by atoms with Crippen LogP contribution >= 0.6 is 11.6 Å². The Kier molecular flexibility index (Phi) is 5.56. The van der Waals surface area contributed by atoms with Crippen molar-refractivity contribution < 1.29 is 14.3 Å². The number of nitrogens with two attached hydrogens (primary N) is 1. The molecule has 3 N–H and O–H groups in total. The molecular formula is C22H22ClN5O3. The maximum atomic E-state index is 12.4. The number of carbonyl (C=O) groups is 1. The molecule has 1 amide bonds. The molecule has 4 rings (SSSR count). The van der Waals surface area contributed by atoms with E-state index in [9.17, 15) is 4.79 Å². The number of carbonyl (C=O) groups excluding carboxylic acids is 1. The topological polar surface area (TPSA) is 104 Å². The fourth-order valence-corrected chi connectivity index (χ4v) is 3.88. The molecule has 3 aromatic rings. The van der Waals surface area contributed by atoms with E-state index in [2.05, 4.69) is 15.4 Å². The normalized spacial score (nSPS) is 15.3. The number of ether oxygens (including phenoxy) is 2. The lowest BCUT2D eigenvalue weighted by molar-refractivity contribution is -0.115. The molecule has 0 fully saturated rings. The molecular weight excluding hydrogens is 418 g/mol. The molecule has 1 aliphatic rings. The fraction of sp³-hybridized carbons (Fsp3) is 0.227. The largest absolute Gasteiger partial charge is 0.493 e. The van der Waals surface area contributed by atoms with Gasteiger partial charge in [0.05, 0.1) is 24.3 Å². The van der Waals surface area contributed by atoms with Crippen LogP contribution in [0.3, 0.4) is 0 Å². The van der Waals surface area contributed by atoms with E-state index >= 15 is 0 Å². The maximum Gasteiger partial charge on any atom is 0.248 e. The number of primary amides is 1. The number of hydrogen-bond donors (Lipinski definition) is 2. The molecule has 9 heteroatoms. The number of allylic oxidation sites excluding steroid dienone is 1. The number of fused-ring (bicyclic) bond motifs is 1. The minimum atomic E-state index is -0.595.